The van der Waals surface area contributed by atoms with E-state index in [-0.39, 0.29) is 5.92 Å². The number of rotatable bonds is 10. The maximum absolute atomic E-state index is 11.0. The minimum absolute atomic E-state index is 0.0619. The summed E-state index contributed by atoms with van der Waals surface area (Å²) >= 11 is 0. The van der Waals surface area contributed by atoms with Crippen LogP contribution in [0.15, 0.2) is 0 Å². The standard InChI is InChI=1S/C14H27N3O3/c1-11(2)16(3)7-8-17(10-18)6-4-5-12-9-14(12,15)13(19)20/h10-12H,4-9,15H2,1-3H3,(H,19,20)/t12?,14-/m1/s1. The van der Waals surface area contributed by atoms with Gasteiger partial charge in [-0.25, -0.2) is 0 Å². The average molecular weight is 285 g/mol. The zero-order valence-corrected chi connectivity index (χ0v) is 12.7. The fourth-order valence-corrected chi connectivity index (χ4v) is 2.27. The van der Waals surface area contributed by atoms with E-state index >= 15 is 0 Å². The van der Waals surface area contributed by atoms with Crippen LogP contribution in [0, 0.1) is 5.92 Å². The maximum Gasteiger partial charge on any atom is 0.323 e. The smallest absolute Gasteiger partial charge is 0.323 e. The molecule has 0 aromatic carbocycles. The number of amides is 1. The topological polar surface area (TPSA) is 86.9 Å². The Kier molecular flexibility index (Phi) is 5.95. The molecule has 1 aliphatic rings. The molecule has 116 valence electrons. The third-order valence-corrected chi connectivity index (χ3v) is 4.32. The maximum atomic E-state index is 11.0. The summed E-state index contributed by atoms with van der Waals surface area (Å²) < 4.78 is 0. The van der Waals surface area contributed by atoms with Crippen LogP contribution < -0.4 is 5.73 Å². The van der Waals surface area contributed by atoms with Gasteiger partial charge in [0.15, 0.2) is 0 Å². The van der Waals surface area contributed by atoms with Crippen LogP contribution in [0.3, 0.4) is 0 Å². The van der Waals surface area contributed by atoms with Gasteiger partial charge < -0.3 is 20.6 Å². The summed E-state index contributed by atoms with van der Waals surface area (Å²) in [6.45, 7) is 6.45. The fourth-order valence-electron chi connectivity index (χ4n) is 2.27. The molecule has 20 heavy (non-hydrogen) atoms. The van der Waals surface area contributed by atoms with Crippen LogP contribution >= 0.6 is 0 Å². The molecule has 6 heteroatoms. The van der Waals surface area contributed by atoms with E-state index in [4.69, 9.17) is 10.8 Å². The highest BCUT2D eigenvalue weighted by molar-refractivity contribution is 5.82. The second-order valence-electron chi connectivity index (χ2n) is 6.10. The van der Waals surface area contributed by atoms with E-state index in [9.17, 15) is 9.59 Å². The first-order valence-electron chi connectivity index (χ1n) is 7.23. The first-order valence-corrected chi connectivity index (χ1v) is 7.23. The summed E-state index contributed by atoms with van der Waals surface area (Å²) in [5.74, 6) is -0.847. The van der Waals surface area contributed by atoms with Gasteiger partial charge in [0.2, 0.25) is 6.41 Å². The van der Waals surface area contributed by atoms with E-state index in [0.29, 0.717) is 25.6 Å². The van der Waals surface area contributed by atoms with Gasteiger partial charge in [0, 0.05) is 25.7 Å². The van der Waals surface area contributed by atoms with Crippen LogP contribution in [-0.4, -0.2) is 65.5 Å². The lowest BCUT2D eigenvalue weighted by atomic mass is 10.1. The van der Waals surface area contributed by atoms with Crippen LogP contribution in [0.4, 0.5) is 0 Å². The van der Waals surface area contributed by atoms with Crippen molar-refractivity contribution in [2.45, 2.75) is 44.7 Å². The van der Waals surface area contributed by atoms with Crippen molar-refractivity contribution >= 4 is 12.4 Å². The highest BCUT2D eigenvalue weighted by Crippen LogP contribution is 2.44. The lowest BCUT2D eigenvalue weighted by Crippen LogP contribution is -2.37. The molecule has 1 fully saturated rings. The predicted octanol–water partition coefficient (Wildman–Crippen LogP) is 0.367. The van der Waals surface area contributed by atoms with Gasteiger partial charge in [-0.2, -0.15) is 0 Å². The molecule has 1 aliphatic carbocycles. The number of carbonyl (C=O) groups excluding carboxylic acids is 1. The lowest BCUT2D eigenvalue weighted by molar-refractivity contribution is -0.140. The van der Waals surface area contributed by atoms with Crippen molar-refractivity contribution in [2.24, 2.45) is 11.7 Å². The van der Waals surface area contributed by atoms with Crippen LogP contribution in [0.2, 0.25) is 0 Å². The molecule has 0 heterocycles. The van der Waals surface area contributed by atoms with Crippen molar-refractivity contribution in [1.82, 2.24) is 9.80 Å². The normalized spacial score (nSPS) is 25.0. The predicted molar refractivity (Wildman–Crippen MR) is 77.3 cm³/mol. The van der Waals surface area contributed by atoms with E-state index in [1.54, 1.807) is 4.90 Å². The number of carbonyl (C=O) groups is 2. The molecule has 6 nitrogen and oxygen atoms in total. The Balaban J connectivity index is 2.20. The molecule has 1 rings (SSSR count). The molecule has 0 radical (unpaired) electrons. The summed E-state index contributed by atoms with van der Waals surface area (Å²) in [5.41, 5.74) is 4.72. The summed E-state index contributed by atoms with van der Waals surface area (Å²) in [5, 5.41) is 8.94. The number of hydrogen-bond acceptors (Lipinski definition) is 4. The van der Waals surface area contributed by atoms with Gasteiger partial charge in [-0.15, -0.1) is 0 Å². The Hall–Kier alpha value is -1.14. The number of hydrogen-bond donors (Lipinski definition) is 2. The first-order chi connectivity index (χ1) is 9.31. The second-order valence-corrected chi connectivity index (χ2v) is 6.10. The minimum atomic E-state index is -1.01. The van der Waals surface area contributed by atoms with Crippen molar-refractivity contribution in [1.29, 1.82) is 0 Å². The highest BCUT2D eigenvalue weighted by atomic mass is 16.4. The highest BCUT2D eigenvalue weighted by Gasteiger charge is 2.56. The van der Waals surface area contributed by atoms with Gasteiger partial charge in [0.1, 0.15) is 5.54 Å². The van der Waals surface area contributed by atoms with Crippen molar-refractivity contribution in [3.63, 3.8) is 0 Å². The Labute approximate surface area is 120 Å². The summed E-state index contributed by atoms with van der Waals surface area (Å²) in [4.78, 5) is 25.8. The van der Waals surface area contributed by atoms with Crippen molar-refractivity contribution in [3.05, 3.63) is 0 Å². The zero-order valence-electron chi connectivity index (χ0n) is 12.7. The summed E-state index contributed by atoms with van der Waals surface area (Å²) in [6, 6.07) is 0.461. The van der Waals surface area contributed by atoms with Gasteiger partial charge in [0.05, 0.1) is 0 Å². The number of nitrogens with two attached hydrogens (primary N) is 1. The summed E-state index contributed by atoms with van der Waals surface area (Å²) in [6.07, 6.45) is 3.00. The minimum Gasteiger partial charge on any atom is -0.480 e. The van der Waals surface area contributed by atoms with Gasteiger partial charge in [-0.05, 0) is 46.1 Å². The molecule has 0 saturated heterocycles. The average Bonchev–Trinajstić information content (AvgIpc) is 3.05. The largest absolute Gasteiger partial charge is 0.480 e. The van der Waals surface area contributed by atoms with E-state index in [0.717, 1.165) is 25.8 Å². The molecule has 0 bridgehead atoms. The molecular formula is C14H27N3O3. The molecule has 0 aromatic rings. The SMILES string of the molecule is CC(C)N(C)CCN(C=O)CCCC1C[C@]1(N)C(=O)O. The summed E-state index contributed by atoms with van der Waals surface area (Å²) in [7, 11) is 2.04. The molecular weight excluding hydrogens is 258 g/mol. The van der Waals surface area contributed by atoms with Crippen LogP contribution in [-0.2, 0) is 9.59 Å². The quantitative estimate of drug-likeness (QED) is 0.566. The number of carboxylic acid groups (broad SMARTS) is 1. The van der Waals surface area contributed by atoms with Crippen molar-refractivity contribution < 1.29 is 14.7 Å². The molecule has 1 unspecified atom stereocenters. The number of nitrogens with zero attached hydrogens (tertiary/aromatic N) is 2. The molecule has 0 aromatic heterocycles. The van der Waals surface area contributed by atoms with Crippen LogP contribution in [0.5, 0.6) is 0 Å². The Morgan fingerprint density at radius 3 is 2.55 bits per heavy atom. The van der Waals surface area contributed by atoms with E-state index in [1.807, 2.05) is 7.05 Å². The number of likely N-dealkylation sites (N-methyl/N-ethyl adjacent to an activating group) is 1. The number of aliphatic carboxylic acids is 1. The van der Waals surface area contributed by atoms with E-state index in [1.165, 1.54) is 0 Å². The Morgan fingerprint density at radius 1 is 1.45 bits per heavy atom. The Morgan fingerprint density at radius 2 is 2.10 bits per heavy atom. The first kappa shape index (κ1) is 16.9. The van der Waals surface area contributed by atoms with E-state index in [2.05, 4.69) is 18.7 Å². The molecule has 0 spiro atoms. The Bertz CT molecular complexity index is 349. The molecule has 1 saturated carbocycles. The van der Waals surface area contributed by atoms with Crippen LogP contribution in [0.1, 0.15) is 33.1 Å². The van der Waals surface area contributed by atoms with Gasteiger partial charge in [0.25, 0.3) is 0 Å². The zero-order chi connectivity index (χ0) is 15.3. The fraction of sp³-hybridized carbons (Fsp3) is 0.857. The van der Waals surface area contributed by atoms with Crippen LogP contribution in [0.25, 0.3) is 0 Å². The van der Waals surface area contributed by atoms with Gasteiger partial charge in [-0.3, -0.25) is 9.59 Å². The molecule has 0 aliphatic heterocycles. The third kappa shape index (κ3) is 4.45. The molecule has 3 N–H and O–H groups in total. The molecule has 1 amide bonds. The lowest BCUT2D eigenvalue weighted by Gasteiger charge is -2.25. The monoisotopic (exact) mass is 285 g/mol. The third-order valence-electron chi connectivity index (χ3n) is 4.32. The number of carboxylic acids is 1. The van der Waals surface area contributed by atoms with Crippen molar-refractivity contribution in [2.75, 3.05) is 26.7 Å². The van der Waals surface area contributed by atoms with Gasteiger partial charge in [-0.1, -0.05) is 0 Å². The molecule has 2 atom stereocenters. The van der Waals surface area contributed by atoms with Crippen molar-refractivity contribution in [3.8, 4) is 0 Å². The van der Waals surface area contributed by atoms with E-state index < -0.39 is 11.5 Å². The van der Waals surface area contributed by atoms with Gasteiger partial charge >= 0.3 is 5.97 Å². The second kappa shape index (κ2) is 7.04.